The predicted molar refractivity (Wildman–Crippen MR) is 40.5 cm³/mol. The minimum absolute atomic E-state index is 0.118. The zero-order valence-electron chi connectivity index (χ0n) is 6.74. The van der Waals surface area contributed by atoms with E-state index in [1.807, 2.05) is 0 Å². The van der Waals surface area contributed by atoms with Gasteiger partial charge in [0.2, 0.25) is 0 Å². The Bertz CT molecular complexity index is 241. The lowest BCUT2D eigenvalue weighted by Crippen LogP contribution is -2.11. The molecule has 66 valence electrons. The molecule has 0 aliphatic heterocycles. The first kappa shape index (κ1) is 8.77. The van der Waals surface area contributed by atoms with Gasteiger partial charge in [-0.15, -0.1) is 0 Å². The molecule has 0 amide bonds. The Morgan fingerprint density at radius 2 is 2.42 bits per heavy atom. The molecule has 1 unspecified atom stereocenters. The molecule has 0 spiro atoms. The third kappa shape index (κ3) is 1.32. The number of aliphatic carboxylic acids is 1. The Hall–Kier alpha value is -1.32. The maximum atomic E-state index is 10.6. The van der Waals surface area contributed by atoms with Gasteiger partial charge in [-0.2, -0.15) is 0 Å². The van der Waals surface area contributed by atoms with Crippen LogP contribution in [-0.4, -0.2) is 24.5 Å². The molecule has 0 aromatic heterocycles. The molecule has 0 radical (unpaired) electrons. The highest BCUT2D eigenvalue weighted by molar-refractivity contribution is 5.92. The number of rotatable bonds is 3. The van der Waals surface area contributed by atoms with Crippen LogP contribution >= 0.6 is 0 Å². The van der Waals surface area contributed by atoms with Crippen LogP contribution in [0.25, 0.3) is 0 Å². The zero-order valence-corrected chi connectivity index (χ0v) is 6.74. The predicted octanol–water partition coefficient (Wildman–Crippen LogP) is 0.580. The molecule has 0 saturated carbocycles. The summed E-state index contributed by atoms with van der Waals surface area (Å²) in [5, 5.41) is 8.72. The fraction of sp³-hybridized carbons (Fsp3) is 0.500. The average Bonchev–Trinajstić information content (AvgIpc) is 2.46. The van der Waals surface area contributed by atoms with Crippen LogP contribution in [0.15, 0.2) is 11.3 Å². The van der Waals surface area contributed by atoms with E-state index >= 15 is 0 Å². The molecule has 1 atom stereocenters. The number of ether oxygens (including phenoxy) is 1. The van der Waals surface area contributed by atoms with E-state index in [4.69, 9.17) is 9.84 Å². The highest BCUT2D eigenvalue weighted by Crippen LogP contribution is 2.30. The Balaban J connectivity index is 2.96. The van der Waals surface area contributed by atoms with E-state index < -0.39 is 11.9 Å². The van der Waals surface area contributed by atoms with Crippen molar-refractivity contribution in [1.29, 1.82) is 0 Å². The molecule has 0 fully saturated rings. The van der Waals surface area contributed by atoms with Gasteiger partial charge in [0.25, 0.3) is 0 Å². The number of carboxylic acid groups (broad SMARTS) is 1. The van der Waals surface area contributed by atoms with Crippen LogP contribution in [0.4, 0.5) is 0 Å². The number of carbonyl (C=O) groups is 2. The molecule has 1 aliphatic carbocycles. The van der Waals surface area contributed by atoms with Crippen molar-refractivity contribution >= 4 is 12.3 Å². The normalized spacial score (nSPS) is 22.6. The van der Waals surface area contributed by atoms with E-state index in [1.54, 1.807) is 0 Å². The van der Waals surface area contributed by atoms with Crippen molar-refractivity contribution in [2.75, 3.05) is 7.11 Å². The summed E-state index contributed by atoms with van der Waals surface area (Å²) in [6.07, 6.45) is 1.76. The zero-order chi connectivity index (χ0) is 9.14. The Kier molecular flexibility index (Phi) is 2.47. The van der Waals surface area contributed by atoms with E-state index in [0.717, 1.165) is 0 Å². The lowest BCUT2D eigenvalue weighted by atomic mass is 10.0. The van der Waals surface area contributed by atoms with Crippen LogP contribution < -0.4 is 0 Å². The number of allylic oxidation sites excluding steroid dienone is 1. The molecule has 12 heavy (non-hydrogen) atoms. The molecule has 4 heteroatoms. The minimum Gasteiger partial charge on any atom is -0.501 e. The van der Waals surface area contributed by atoms with Crippen LogP contribution in [0.3, 0.4) is 0 Å². The van der Waals surface area contributed by atoms with Crippen molar-refractivity contribution in [2.45, 2.75) is 12.8 Å². The number of hydrogen-bond donors (Lipinski definition) is 1. The second-order valence-electron chi connectivity index (χ2n) is 2.63. The van der Waals surface area contributed by atoms with E-state index in [1.165, 1.54) is 7.11 Å². The number of aldehydes is 1. The summed E-state index contributed by atoms with van der Waals surface area (Å²) in [4.78, 5) is 21.1. The fourth-order valence-corrected chi connectivity index (χ4v) is 1.40. The van der Waals surface area contributed by atoms with Gasteiger partial charge in [0.1, 0.15) is 12.0 Å². The number of methoxy groups -OCH3 is 1. The molecule has 0 heterocycles. The average molecular weight is 170 g/mol. The summed E-state index contributed by atoms with van der Waals surface area (Å²) in [7, 11) is 1.42. The smallest absolute Gasteiger partial charge is 0.335 e. The van der Waals surface area contributed by atoms with Crippen molar-refractivity contribution in [3.8, 4) is 0 Å². The molecule has 0 saturated heterocycles. The first-order valence-corrected chi connectivity index (χ1v) is 3.66. The molecule has 4 nitrogen and oxygen atoms in total. The summed E-state index contributed by atoms with van der Waals surface area (Å²) < 4.78 is 4.86. The lowest BCUT2D eigenvalue weighted by molar-refractivity contribution is -0.134. The largest absolute Gasteiger partial charge is 0.501 e. The van der Waals surface area contributed by atoms with Gasteiger partial charge in [0.15, 0.2) is 0 Å². The van der Waals surface area contributed by atoms with Gasteiger partial charge >= 0.3 is 5.97 Å². The van der Waals surface area contributed by atoms with Crippen molar-refractivity contribution < 1.29 is 19.4 Å². The van der Waals surface area contributed by atoms with Crippen molar-refractivity contribution in [1.82, 2.24) is 0 Å². The van der Waals surface area contributed by atoms with Crippen LogP contribution in [0.2, 0.25) is 0 Å². The van der Waals surface area contributed by atoms with Crippen molar-refractivity contribution in [2.24, 2.45) is 5.92 Å². The first-order valence-electron chi connectivity index (χ1n) is 3.66. The van der Waals surface area contributed by atoms with Crippen molar-refractivity contribution in [3.63, 3.8) is 0 Å². The summed E-state index contributed by atoms with van der Waals surface area (Å²) in [6, 6.07) is 0. The van der Waals surface area contributed by atoms with Crippen molar-refractivity contribution in [3.05, 3.63) is 11.3 Å². The topological polar surface area (TPSA) is 63.6 Å². The summed E-state index contributed by atoms with van der Waals surface area (Å²) in [5.74, 6) is -1.11. The molecule has 1 aliphatic rings. The van der Waals surface area contributed by atoms with Gasteiger partial charge in [-0.05, 0) is 6.42 Å². The van der Waals surface area contributed by atoms with E-state index in [-0.39, 0.29) is 5.57 Å². The van der Waals surface area contributed by atoms with Crippen LogP contribution in [0.5, 0.6) is 0 Å². The third-order valence-electron chi connectivity index (χ3n) is 1.99. The molecule has 1 rings (SSSR count). The molecular formula is C8H10O4. The maximum Gasteiger partial charge on any atom is 0.335 e. The molecule has 0 bridgehead atoms. The second kappa shape index (κ2) is 3.38. The van der Waals surface area contributed by atoms with Gasteiger partial charge in [-0.1, -0.05) is 0 Å². The van der Waals surface area contributed by atoms with Crippen LogP contribution in [-0.2, 0) is 14.3 Å². The Morgan fingerprint density at radius 3 is 2.83 bits per heavy atom. The quantitative estimate of drug-likeness (QED) is 0.629. The molecular weight excluding hydrogens is 160 g/mol. The SMILES string of the molecule is COC1=C(C(=O)O)C(C=O)CC1. The number of carbonyl (C=O) groups excluding carboxylic acids is 1. The van der Waals surface area contributed by atoms with Crippen LogP contribution in [0, 0.1) is 5.92 Å². The molecule has 0 aromatic rings. The van der Waals surface area contributed by atoms with E-state index in [9.17, 15) is 9.59 Å². The molecule has 1 N–H and O–H groups in total. The van der Waals surface area contributed by atoms with Gasteiger partial charge in [0, 0.05) is 6.42 Å². The van der Waals surface area contributed by atoms with E-state index in [2.05, 4.69) is 0 Å². The Morgan fingerprint density at radius 1 is 1.75 bits per heavy atom. The lowest BCUT2D eigenvalue weighted by Gasteiger charge is -2.03. The van der Waals surface area contributed by atoms with E-state index in [0.29, 0.717) is 24.9 Å². The number of carboxylic acids is 1. The monoisotopic (exact) mass is 170 g/mol. The van der Waals surface area contributed by atoms with Gasteiger partial charge in [-0.3, -0.25) is 0 Å². The van der Waals surface area contributed by atoms with Gasteiger partial charge in [-0.25, -0.2) is 4.79 Å². The van der Waals surface area contributed by atoms with Gasteiger partial charge in [0.05, 0.1) is 18.6 Å². The van der Waals surface area contributed by atoms with Crippen LogP contribution in [0.1, 0.15) is 12.8 Å². The standard InChI is InChI=1S/C8H10O4/c1-12-6-3-2-5(4-9)7(6)8(10)11/h4-5H,2-3H2,1H3,(H,10,11). The first-order chi connectivity index (χ1) is 5.70. The summed E-state index contributed by atoms with van der Waals surface area (Å²) in [6.45, 7) is 0. The van der Waals surface area contributed by atoms with Gasteiger partial charge < -0.3 is 14.6 Å². The summed E-state index contributed by atoms with van der Waals surface area (Å²) >= 11 is 0. The minimum atomic E-state index is -1.05. The summed E-state index contributed by atoms with van der Waals surface area (Å²) in [5.41, 5.74) is 0.118. The third-order valence-corrected chi connectivity index (χ3v) is 1.99. The second-order valence-corrected chi connectivity index (χ2v) is 2.63. The maximum absolute atomic E-state index is 10.6. The fourth-order valence-electron chi connectivity index (χ4n) is 1.40. The molecule has 0 aromatic carbocycles. The highest BCUT2D eigenvalue weighted by Gasteiger charge is 2.30. The highest BCUT2D eigenvalue weighted by atomic mass is 16.5. The number of hydrogen-bond acceptors (Lipinski definition) is 3. The Labute approximate surface area is 69.8 Å².